The van der Waals surface area contributed by atoms with E-state index in [9.17, 15) is 0 Å². The summed E-state index contributed by atoms with van der Waals surface area (Å²) in [5, 5.41) is 1.44. The van der Waals surface area contributed by atoms with Crippen LogP contribution in [0.25, 0.3) is 0 Å². The first-order valence-electron chi connectivity index (χ1n) is 7.59. The van der Waals surface area contributed by atoms with E-state index in [4.69, 9.17) is 23.2 Å². The molecule has 0 spiro atoms. The van der Waals surface area contributed by atoms with Gasteiger partial charge in [-0.05, 0) is 48.5 Å². The monoisotopic (exact) mass is 348 g/mol. The molecule has 1 heterocycles. The van der Waals surface area contributed by atoms with E-state index in [0.717, 1.165) is 32.3 Å². The van der Waals surface area contributed by atoms with E-state index < -0.39 is 0 Å². The molecule has 0 atom stereocenters. The quantitative estimate of drug-likeness (QED) is 0.655. The molecule has 114 valence electrons. The Morgan fingerprint density at radius 3 is 1.29 bits per heavy atom. The SMILES string of the molecule is Clc1ccc(N2[B]c3ccccc3[B]N2c2ccc(Cl)cc2)cc1. The fraction of sp³-hybridized carbons (Fsp3) is 0. The molecular formula is C18H12B2Cl2N2. The zero-order chi connectivity index (χ0) is 16.5. The Balaban J connectivity index is 1.78. The van der Waals surface area contributed by atoms with Gasteiger partial charge >= 0.3 is 14.8 Å². The fourth-order valence-electron chi connectivity index (χ4n) is 2.72. The Kier molecular flexibility index (Phi) is 4.17. The van der Waals surface area contributed by atoms with E-state index in [1.165, 1.54) is 0 Å². The molecule has 1 aliphatic heterocycles. The predicted molar refractivity (Wildman–Crippen MR) is 105 cm³/mol. The van der Waals surface area contributed by atoms with Gasteiger partial charge in [0.25, 0.3) is 0 Å². The molecule has 24 heavy (non-hydrogen) atoms. The van der Waals surface area contributed by atoms with E-state index in [-0.39, 0.29) is 0 Å². The highest BCUT2D eigenvalue weighted by Crippen LogP contribution is 2.25. The van der Waals surface area contributed by atoms with Crippen LogP contribution in [0.2, 0.25) is 10.0 Å². The molecule has 0 aromatic heterocycles. The zero-order valence-corrected chi connectivity index (χ0v) is 14.2. The average molecular weight is 349 g/mol. The van der Waals surface area contributed by atoms with E-state index in [0.29, 0.717) is 0 Å². The van der Waals surface area contributed by atoms with Crippen molar-refractivity contribution in [2.75, 3.05) is 9.84 Å². The normalized spacial score (nSPS) is 13.1. The van der Waals surface area contributed by atoms with Gasteiger partial charge in [-0.1, -0.05) is 58.4 Å². The van der Waals surface area contributed by atoms with Gasteiger partial charge in [-0.25, -0.2) is 0 Å². The smallest absolute Gasteiger partial charge is 0.312 e. The van der Waals surface area contributed by atoms with Crippen LogP contribution < -0.4 is 20.8 Å². The third kappa shape index (κ3) is 3.00. The Labute approximate surface area is 153 Å². The second kappa shape index (κ2) is 6.46. The lowest BCUT2D eigenvalue weighted by Crippen LogP contribution is -2.63. The zero-order valence-electron chi connectivity index (χ0n) is 12.7. The van der Waals surface area contributed by atoms with Crippen molar-refractivity contribution in [1.29, 1.82) is 0 Å². The molecule has 0 unspecified atom stereocenters. The van der Waals surface area contributed by atoms with Crippen molar-refractivity contribution in [1.82, 2.24) is 0 Å². The molecule has 0 saturated heterocycles. The molecule has 3 aromatic carbocycles. The van der Waals surface area contributed by atoms with E-state index in [1.807, 2.05) is 60.7 Å². The standard InChI is InChI=1S/C18H12B2Cl2N2/c21-13-5-9-15(10-6-13)23-19-17-3-1-2-4-18(17)20-24(23)16-11-7-14(22)8-12-16/h1-12H. The molecule has 0 bridgehead atoms. The van der Waals surface area contributed by atoms with Crippen LogP contribution in [0.3, 0.4) is 0 Å². The first-order valence-corrected chi connectivity index (χ1v) is 8.34. The molecule has 0 amide bonds. The Morgan fingerprint density at radius 1 is 0.542 bits per heavy atom. The summed E-state index contributed by atoms with van der Waals surface area (Å²) in [6, 6.07) is 23.9. The summed E-state index contributed by atoms with van der Waals surface area (Å²) in [5.74, 6) is 0. The molecule has 4 rings (SSSR count). The van der Waals surface area contributed by atoms with Crippen LogP contribution in [0.5, 0.6) is 0 Å². The van der Waals surface area contributed by atoms with Crippen LogP contribution in [0, 0.1) is 0 Å². The van der Waals surface area contributed by atoms with Gasteiger partial charge < -0.3 is 9.84 Å². The molecule has 2 nitrogen and oxygen atoms in total. The second-order valence-electron chi connectivity index (χ2n) is 5.53. The summed E-state index contributed by atoms with van der Waals surface area (Å²) in [4.78, 5) is 4.20. The van der Waals surface area contributed by atoms with Crippen LogP contribution >= 0.6 is 23.2 Å². The van der Waals surface area contributed by atoms with Crippen molar-refractivity contribution in [3.05, 3.63) is 82.8 Å². The highest BCUT2D eigenvalue weighted by Gasteiger charge is 2.27. The minimum atomic E-state index is 0.721. The van der Waals surface area contributed by atoms with Gasteiger partial charge in [-0.15, -0.1) is 0 Å². The van der Waals surface area contributed by atoms with Gasteiger partial charge in [0.2, 0.25) is 0 Å². The maximum absolute atomic E-state index is 6.04. The maximum atomic E-state index is 6.04. The number of rotatable bonds is 2. The van der Waals surface area contributed by atoms with E-state index in [2.05, 4.69) is 36.8 Å². The number of hydrogen-bond donors (Lipinski definition) is 0. The van der Waals surface area contributed by atoms with Gasteiger partial charge in [0.15, 0.2) is 0 Å². The van der Waals surface area contributed by atoms with Crippen LogP contribution in [0.15, 0.2) is 72.8 Å². The number of hydrazine groups is 1. The first kappa shape index (κ1) is 15.5. The van der Waals surface area contributed by atoms with Crippen molar-refractivity contribution >= 4 is 60.3 Å². The van der Waals surface area contributed by atoms with Crippen molar-refractivity contribution < 1.29 is 0 Å². The number of fused-ring (bicyclic) bond motifs is 1. The predicted octanol–water partition coefficient (Wildman–Crippen LogP) is 3.42. The van der Waals surface area contributed by atoms with Gasteiger partial charge in [-0.2, -0.15) is 0 Å². The number of anilines is 2. The van der Waals surface area contributed by atoms with Crippen LogP contribution in [0.4, 0.5) is 11.4 Å². The Bertz CT molecular complexity index is 781. The summed E-state index contributed by atoms with van der Waals surface area (Å²) >= 11 is 12.1. The summed E-state index contributed by atoms with van der Waals surface area (Å²) in [5.41, 5.74) is 4.38. The number of benzene rings is 3. The largest absolute Gasteiger partial charge is 0.342 e. The minimum Gasteiger partial charge on any atom is -0.342 e. The van der Waals surface area contributed by atoms with Crippen LogP contribution in [0.1, 0.15) is 0 Å². The third-order valence-corrected chi connectivity index (χ3v) is 4.44. The lowest BCUT2D eigenvalue weighted by atomic mass is 9.63. The third-order valence-electron chi connectivity index (χ3n) is 3.93. The first-order chi connectivity index (χ1) is 11.7. The van der Waals surface area contributed by atoms with Crippen molar-refractivity contribution in [2.24, 2.45) is 0 Å². The highest BCUT2D eigenvalue weighted by molar-refractivity contribution is 6.76. The molecule has 1 aliphatic rings. The molecule has 0 N–H and O–H groups in total. The van der Waals surface area contributed by atoms with Gasteiger partial charge in [-0.3, -0.25) is 0 Å². The Hall–Kier alpha value is -2.03. The van der Waals surface area contributed by atoms with Gasteiger partial charge in [0, 0.05) is 21.4 Å². The van der Waals surface area contributed by atoms with Crippen LogP contribution in [-0.2, 0) is 0 Å². The molecule has 0 saturated carbocycles. The number of hydrogen-bond acceptors (Lipinski definition) is 2. The maximum Gasteiger partial charge on any atom is 0.312 e. The lowest BCUT2D eigenvalue weighted by Gasteiger charge is -2.42. The molecule has 0 aliphatic carbocycles. The molecule has 2 radical (unpaired) electrons. The van der Waals surface area contributed by atoms with Crippen molar-refractivity contribution in [3.63, 3.8) is 0 Å². The summed E-state index contributed by atoms with van der Waals surface area (Å²) in [7, 11) is 4.24. The van der Waals surface area contributed by atoms with Crippen molar-refractivity contribution in [2.45, 2.75) is 0 Å². The molecule has 0 fully saturated rings. The lowest BCUT2D eigenvalue weighted by molar-refractivity contribution is 1.12. The van der Waals surface area contributed by atoms with Gasteiger partial charge in [0.1, 0.15) is 0 Å². The fourth-order valence-corrected chi connectivity index (χ4v) is 2.97. The van der Waals surface area contributed by atoms with E-state index in [1.54, 1.807) is 0 Å². The Morgan fingerprint density at radius 2 is 0.917 bits per heavy atom. The summed E-state index contributed by atoms with van der Waals surface area (Å²) in [6.07, 6.45) is 0. The average Bonchev–Trinajstić information content (AvgIpc) is 2.62. The highest BCUT2D eigenvalue weighted by atomic mass is 35.5. The number of halogens is 2. The minimum absolute atomic E-state index is 0.721. The molecular weight excluding hydrogens is 337 g/mol. The summed E-state index contributed by atoms with van der Waals surface area (Å²) in [6.45, 7) is 0. The topological polar surface area (TPSA) is 6.48 Å². The molecule has 6 heteroatoms. The van der Waals surface area contributed by atoms with E-state index >= 15 is 0 Å². The second-order valence-corrected chi connectivity index (χ2v) is 6.40. The summed E-state index contributed by atoms with van der Waals surface area (Å²) < 4.78 is 0. The van der Waals surface area contributed by atoms with Crippen LogP contribution in [-0.4, -0.2) is 14.8 Å². The molecule has 3 aromatic rings. The number of nitrogens with zero attached hydrogens (tertiary/aromatic N) is 2. The van der Waals surface area contributed by atoms with Crippen molar-refractivity contribution in [3.8, 4) is 0 Å². The van der Waals surface area contributed by atoms with Gasteiger partial charge in [0.05, 0.1) is 0 Å².